The Bertz CT molecular complexity index is 1130. The third-order valence-corrected chi connectivity index (χ3v) is 5.69. The summed E-state index contributed by atoms with van der Waals surface area (Å²) < 4.78 is 11.8. The number of benzene rings is 2. The van der Waals surface area contributed by atoms with Gasteiger partial charge in [-0.25, -0.2) is 0 Å². The maximum absolute atomic E-state index is 13.2. The van der Waals surface area contributed by atoms with Crippen LogP contribution in [0.4, 0.5) is 5.69 Å². The van der Waals surface area contributed by atoms with Gasteiger partial charge in [-0.3, -0.25) is 9.59 Å². The molecule has 0 radical (unpaired) electrons. The van der Waals surface area contributed by atoms with Gasteiger partial charge in [0.15, 0.2) is 0 Å². The second-order valence-electron chi connectivity index (χ2n) is 8.85. The van der Waals surface area contributed by atoms with Crippen LogP contribution in [0, 0.1) is 11.3 Å². The molecule has 1 atom stereocenters. The predicted molar refractivity (Wildman–Crippen MR) is 137 cm³/mol. The number of nitrogens with one attached hydrogen (secondary N) is 2. The van der Waals surface area contributed by atoms with Crippen LogP contribution in [0.25, 0.3) is 5.57 Å². The van der Waals surface area contributed by atoms with Crippen molar-refractivity contribution in [3.05, 3.63) is 59.3 Å². The number of hydrogen-bond donors (Lipinski definition) is 3. The largest absolute Gasteiger partial charge is 0.492 e. The van der Waals surface area contributed by atoms with Crippen LogP contribution in [-0.4, -0.2) is 75.8 Å². The molecule has 2 aromatic carbocycles. The molecular weight excluding hydrogens is 446 g/mol. The number of hydrogen-bond acceptors (Lipinski definition) is 7. The monoisotopic (exact) mass is 479 g/mol. The zero-order chi connectivity index (χ0) is 25.5. The normalized spacial score (nSPS) is 15.1. The molecule has 1 heterocycles. The number of anilines is 1. The molecule has 2 amide bonds. The average Bonchev–Trinajstić information content (AvgIpc) is 2.84. The summed E-state index contributed by atoms with van der Waals surface area (Å²) >= 11 is 0. The van der Waals surface area contributed by atoms with Crippen molar-refractivity contribution in [2.75, 3.05) is 53.3 Å². The van der Waals surface area contributed by atoms with Gasteiger partial charge in [0.25, 0.3) is 5.91 Å². The van der Waals surface area contributed by atoms with Crippen LogP contribution >= 0.6 is 0 Å². The molecule has 0 saturated heterocycles. The van der Waals surface area contributed by atoms with Crippen LogP contribution in [0.3, 0.4) is 0 Å². The van der Waals surface area contributed by atoms with E-state index >= 15 is 0 Å². The highest BCUT2D eigenvalue weighted by molar-refractivity contribution is 6.08. The highest BCUT2D eigenvalue weighted by Gasteiger charge is 2.27. The molecule has 35 heavy (non-hydrogen) atoms. The van der Waals surface area contributed by atoms with E-state index in [9.17, 15) is 9.59 Å². The molecule has 2 aromatic rings. The van der Waals surface area contributed by atoms with Crippen molar-refractivity contribution in [2.45, 2.75) is 6.42 Å². The molecular formula is C26H33N5O4. The van der Waals surface area contributed by atoms with Gasteiger partial charge in [-0.05, 0) is 62.0 Å². The molecule has 0 aliphatic carbocycles. The van der Waals surface area contributed by atoms with Gasteiger partial charge < -0.3 is 35.7 Å². The lowest BCUT2D eigenvalue weighted by Gasteiger charge is -2.26. The lowest BCUT2D eigenvalue weighted by molar-refractivity contribution is -0.121. The number of allylic oxidation sites excluding steroid dienone is 1. The smallest absolute Gasteiger partial charge is 0.253 e. The Morgan fingerprint density at radius 1 is 1.17 bits per heavy atom. The van der Waals surface area contributed by atoms with Crippen molar-refractivity contribution < 1.29 is 19.1 Å². The van der Waals surface area contributed by atoms with Crippen molar-refractivity contribution in [1.29, 1.82) is 5.41 Å². The molecule has 1 aliphatic rings. The lowest BCUT2D eigenvalue weighted by atomic mass is 9.94. The van der Waals surface area contributed by atoms with Crippen LogP contribution in [0.15, 0.2) is 42.6 Å². The zero-order valence-electron chi connectivity index (χ0n) is 20.6. The zero-order valence-corrected chi connectivity index (χ0v) is 20.6. The molecule has 0 aromatic heterocycles. The molecule has 0 bridgehead atoms. The number of ether oxygens (including phenoxy) is 2. The van der Waals surface area contributed by atoms with E-state index < -0.39 is 5.92 Å². The van der Waals surface area contributed by atoms with Gasteiger partial charge >= 0.3 is 0 Å². The second kappa shape index (κ2) is 11.5. The molecule has 9 nitrogen and oxygen atoms in total. The van der Waals surface area contributed by atoms with E-state index in [2.05, 4.69) is 5.32 Å². The van der Waals surface area contributed by atoms with E-state index in [1.807, 2.05) is 19.0 Å². The number of amides is 2. The minimum Gasteiger partial charge on any atom is -0.492 e. The van der Waals surface area contributed by atoms with Crippen molar-refractivity contribution >= 4 is 29.3 Å². The molecule has 4 N–H and O–H groups in total. The van der Waals surface area contributed by atoms with E-state index in [1.165, 1.54) is 17.3 Å². The maximum atomic E-state index is 13.2. The number of rotatable bonds is 9. The first kappa shape index (κ1) is 25.8. The third-order valence-electron chi connectivity index (χ3n) is 5.69. The number of nitrogens with two attached hydrogens (primary N) is 1. The number of carbonyl (C=O) groups is 2. The van der Waals surface area contributed by atoms with Gasteiger partial charge in [0, 0.05) is 44.2 Å². The Hall–Kier alpha value is -3.85. The van der Waals surface area contributed by atoms with Crippen molar-refractivity contribution in [3.8, 4) is 11.5 Å². The standard InChI is InChI=1S/C26H33N5O4/c1-30(2)9-10-34-24-13-17(21(14-27)15-28)5-7-22(24)29-25(32)20-12-19-11-18(26(33)31(3)4)6-8-23(19)35-16-20/h5-8,11,13-15,20,27H,9-10,12,16,28H2,1-4H3,(H,29,32)/b21-15+,27-14?. The number of fused-ring (bicyclic) bond motifs is 1. The highest BCUT2D eigenvalue weighted by Crippen LogP contribution is 2.32. The fourth-order valence-electron chi connectivity index (χ4n) is 3.68. The number of carbonyl (C=O) groups excluding carboxylic acids is 2. The lowest BCUT2D eigenvalue weighted by Crippen LogP contribution is -2.33. The first-order chi connectivity index (χ1) is 16.7. The van der Waals surface area contributed by atoms with Crippen molar-refractivity contribution in [1.82, 2.24) is 9.80 Å². The Morgan fingerprint density at radius 3 is 2.57 bits per heavy atom. The molecule has 9 heteroatoms. The third kappa shape index (κ3) is 6.39. The van der Waals surface area contributed by atoms with Gasteiger partial charge in [-0.2, -0.15) is 0 Å². The molecule has 3 rings (SSSR count). The van der Waals surface area contributed by atoms with E-state index in [0.717, 1.165) is 5.56 Å². The van der Waals surface area contributed by atoms with E-state index in [-0.39, 0.29) is 18.4 Å². The number of likely N-dealkylation sites (N-methyl/N-ethyl adjacent to an activating group) is 1. The average molecular weight is 480 g/mol. The number of nitrogens with zero attached hydrogens (tertiary/aromatic N) is 2. The predicted octanol–water partition coefficient (Wildman–Crippen LogP) is 2.47. The Balaban J connectivity index is 1.79. The quantitative estimate of drug-likeness (QED) is 0.475. The van der Waals surface area contributed by atoms with E-state index in [0.29, 0.717) is 53.5 Å². The summed E-state index contributed by atoms with van der Waals surface area (Å²) in [4.78, 5) is 29.0. The van der Waals surface area contributed by atoms with Crippen LogP contribution in [0.5, 0.6) is 11.5 Å². The fourth-order valence-corrected chi connectivity index (χ4v) is 3.68. The fraction of sp³-hybridized carbons (Fsp3) is 0.346. The summed E-state index contributed by atoms with van der Waals surface area (Å²) in [6.45, 7) is 1.36. The first-order valence-electron chi connectivity index (χ1n) is 11.4. The van der Waals surface area contributed by atoms with Crippen LogP contribution < -0.4 is 20.5 Å². The summed E-state index contributed by atoms with van der Waals surface area (Å²) in [6, 6.07) is 10.6. The minimum absolute atomic E-state index is 0.102. The van der Waals surface area contributed by atoms with Gasteiger partial charge in [0.2, 0.25) is 5.91 Å². The summed E-state index contributed by atoms with van der Waals surface area (Å²) in [5.41, 5.74) is 8.81. The Labute approximate surface area is 206 Å². The topological polar surface area (TPSA) is 121 Å². The van der Waals surface area contributed by atoms with Crippen LogP contribution in [-0.2, 0) is 11.2 Å². The summed E-state index contributed by atoms with van der Waals surface area (Å²) in [6.07, 6.45) is 2.98. The minimum atomic E-state index is -0.428. The molecule has 1 unspecified atom stereocenters. The SMILES string of the molecule is CN(C)CCOc1cc(/C(C=N)=C/N)ccc1NC(=O)C1COc2ccc(C(=O)N(C)C)cc2C1. The first-order valence-corrected chi connectivity index (χ1v) is 11.4. The molecule has 0 saturated carbocycles. The molecule has 0 spiro atoms. The van der Waals surface area contributed by atoms with Crippen molar-refractivity contribution in [3.63, 3.8) is 0 Å². The van der Waals surface area contributed by atoms with E-state index in [1.54, 1.807) is 50.5 Å². The summed E-state index contributed by atoms with van der Waals surface area (Å²) in [7, 11) is 7.30. The Morgan fingerprint density at radius 2 is 1.91 bits per heavy atom. The van der Waals surface area contributed by atoms with Crippen LogP contribution in [0.2, 0.25) is 0 Å². The van der Waals surface area contributed by atoms with Crippen LogP contribution in [0.1, 0.15) is 21.5 Å². The van der Waals surface area contributed by atoms with Gasteiger partial charge in [-0.15, -0.1) is 0 Å². The maximum Gasteiger partial charge on any atom is 0.253 e. The van der Waals surface area contributed by atoms with Gasteiger partial charge in [-0.1, -0.05) is 6.07 Å². The second-order valence-corrected chi connectivity index (χ2v) is 8.85. The Kier molecular flexibility index (Phi) is 8.48. The highest BCUT2D eigenvalue weighted by atomic mass is 16.5. The van der Waals surface area contributed by atoms with Gasteiger partial charge in [0.05, 0.1) is 11.6 Å². The summed E-state index contributed by atoms with van der Waals surface area (Å²) in [5.74, 6) is 0.452. The summed E-state index contributed by atoms with van der Waals surface area (Å²) in [5, 5.41) is 10.5. The van der Waals surface area contributed by atoms with Gasteiger partial charge in [0.1, 0.15) is 24.7 Å². The van der Waals surface area contributed by atoms with E-state index in [4.69, 9.17) is 20.6 Å². The molecule has 0 fully saturated rings. The molecule has 186 valence electrons. The van der Waals surface area contributed by atoms with Crippen molar-refractivity contribution in [2.24, 2.45) is 11.7 Å². The molecule has 1 aliphatic heterocycles.